The fraction of sp³-hybridized carbons (Fsp3) is 0.743. The standard InChI is InChI=1S/C35H55N3O6/c1-26(2)21-31(39)35(43)30(22-27-9-5-3-6-10-27)38(24-29-13-14-29)33(41)16-15-32(40)37(23-28-11-7-4-8-12-28)25-34(42)36-17-19-44-20-18-36/h4,7-8,11-12,26-27,29-31,35,39,43H,3,5-6,9-10,13-25H2,1-2H3/t30-,31-,35+/m0/s1. The highest BCUT2D eigenvalue weighted by Crippen LogP contribution is 2.35. The molecule has 1 heterocycles. The van der Waals surface area contributed by atoms with Crippen molar-refractivity contribution < 1.29 is 29.3 Å². The van der Waals surface area contributed by atoms with Crippen LogP contribution >= 0.6 is 0 Å². The van der Waals surface area contributed by atoms with Gasteiger partial charge in [0.15, 0.2) is 0 Å². The number of ether oxygens (including phenoxy) is 1. The van der Waals surface area contributed by atoms with Gasteiger partial charge in [-0.25, -0.2) is 0 Å². The van der Waals surface area contributed by atoms with Gasteiger partial charge in [0.1, 0.15) is 12.6 Å². The van der Waals surface area contributed by atoms with Gasteiger partial charge in [0, 0.05) is 39.0 Å². The van der Waals surface area contributed by atoms with Crippen molar-refractivity contribution in [3.8, 4) is 0 Å². The van der Waals surface area contributed by atoms with E-state index < -0.39 is 18.2 Å². The summed E-state index contributed by atoms with van der Waals surface area (Å²) in [7, 11) is 0. The van der Waals surface area contributed by atoms with Crippen molar-refractivity contribution in [1.29, 1.82) is 0 Å². The molecular formula is C35H55N3O6. The average Bonchev–Trinajstić information content (AvgIpc) is 3.86. The first kappa shape index (κ1) is 34.4. The molecule has 246 valence electrons. The molecule has 1 aromatic rings. The van der Waals surface area contributed by atoms with E-state index in [9.17, 15) is 24.6 Å². The van der Waals surface area contributed by atoms with Crippen LogP contribution in [0.4, 0.5) is 0 Å². The first-order valence-electron chi connectivity index (χ1n) is 17.0. The molecule has 3 aliphatic rings. The number of carbonyl (C=O) groups excluding carboxylic acids is 3. The maximum Gasteiger partial charge on any atom is 0.242 e. The predicted octanol–water partition coefficient (Wildman–Crippen LogP) is 4.00. The van der Waals surface area contributed by atoms with Gasteiger partial charge in [0.2, 0.25) is 17.7 Å². The number of hydrogen-bond acceptors (Lipinski definition) is 6. The van der Waals surface area contributed by atoms with Crippen molar-refractivity contribution >= 4 is 17.7 Å². The molecule has 44 heavy (non-hydrogen) atoms. The van der Waals surface area contributed by atoms with Gasteiger partial charge in [-0.15, -0.1) is 0 Å². The van der Waals surface area contributed by atoms with Crippen molar-refractivity contribution in [2.24, 2.45) is 17.8 Å². The Hall–Kier alpha value is -2.49. The van der Waals surface area contributed by atoms with Crippen LogP contribution in [0, 0.1) is 17.8 Å². The summed E-state index contributed by atoms with van der Waals surface area (Å²) in [6.45, 7) is 6.85. The molecule has 1 saturated heterocycles. The normalized spacial score (nSPS) is 19.8. The van der Waals surface area contributed by atoms with Crippen LogP contribution in [0.25, 0.3) is 0 Å². The fourth-order valence-electron chi connectivity index (χ4n) is 6.72. The Morgan fingerprint density at radius 2 is 1.57 bits per heavy atom. The zero-order chi connectivity index (χ0) is 31.5. The van der Waals surface area contributed by atoms with Crippen molar-refractivity contribution in [2.45, 2.75) is 109 Å². The third-order valence-electron chi connectivity index (χ3n) is 9.49. The van der Waals surface area contributed by atoms with E-state index in [0.717, 1.165) is 44.1 Å². The van der Waals surface area contributed by atoms with Gasteiger partial charge in [0.25, 0.3) is 0 Å². The smallest absolute Gasteiger partial charge is 0.242 e. The maximum atomic E-state index is 14.0. The molecule has 0 radical (unpaired) electrons. The van der Waals surface area contributed by atoms with Gasteiger partial charge in [0.05, 0.1) is 25.4 Å². The first-order valence-corrected chi connectivity index (χ1v) is 17.0. The lowest BCUT2D eigenvalue weighted by Crippen LogP contribution is -2.53. The van der Waals surface area contributed by atoms with Crippen LogP contribution in [-0.2, 0) is 25.7 Å². The van der Waals surface area contributed by atoms with E-state index in [0.29, 0.717) is 64.1 Å². The molecule has 0 bridgehead atoms. The van der Waals surface area contributed by atoms with Gasteiger partial charge < -0.3 is 29.6 Å². The van der Waals surface area contributed by atoms with E-state index in [4.69, 9.17) is 4.74 Å². The Bertz CT molecular complexity index is 1040. The van der Waals surface area contributed by atoms with Crippen molar-refractivity contribution in [1.82, 2.24) is 14.7 Å². The van der Waals surface area contributed by atoms with Gasteiger partial charge in [-0.3, -0.25) is 14.4 Å². The summed E-state index contributed by atoms with van der Waals surface area (Å²) in [6.07, 6.45) is 7.02. The molecular weight excluding hydrogens is 558 g/mol. The molecule has 0 spiro atoms. The highest BCUT2D eigenvalue weighted by atomic mass is 16.5. The van der Waals surface area contributed by atoms with Crippen molar-refractivity contribution in [2.75, 3.05) is 39.4 Å². The topological polar surface area (TPSA) is 111 Å². The molecule has 3 amide bonds. The van der Waals surface area contributed by atoms with E-state index in [1.807, 2.05) is 49.1 Å². The molecule has 9 nitrogen and oxygen atoms in total. The van der Waals surface area contributed by atoms with Crippen LogP contribution in [0.15, 0.2) is 30.3 Å². The monoisotopic (exact) mass is 613 g/mol. The predicted molar refractivity (Wildman–Crippen MR) is 169 cm³/mol. The highest BCUT2D eigenvalue weighted by Gasteiger charge is 2.39. The zero-order valence-electron chi connectivity index (χ0n) is 26.9. The first-order chi connectivity index (χ1) is 21.2. The van der Waals surface area contributed by atoms with E-state index >= 15 is 0 Å². The number of carbonyl (C=O) groups is 3. The molecule has 1 aromatic carbocycles. The minimum atomic E-state index is -1.03. The summed E-state index contributed by atoms with van der Waals surface area (Å²) in [6, 6.07) is 9.12. The van der Waals surface area contributed by atoms with E-state index in [1.165, 1.54) is 6.42 Å². The summed E-state index contributed by atoms with van der Waals surface area (Å²) in [4.78, 5) is 45.8. The van der Waals surface area contributed by atoms with E-state index in [-0.39, 0.29) is 43.0 Å². The molecule has 2 saturated carbocycles. The molecule has 3 fully saturated rings. The van der Waals surface area contributed by atoms with Crippen LogP contribution in [0.1, 0.15) is 90.0 Å². The summed E-state index contributed by atoms with van der Waals surface area (Å²) >= 11 is 0. The lowest BCUT2D eigenvalue weighted by molar-refractivity contribution is -0.145. The third-order valence-corrected chi connectivity index (χ3v) is 9.49. The molecule has 9 heteroatoms. The van der Waals surface area contributed by atoms with Crippen molar-refractivity contribution in [3.63, 3.8) is 0 Å². The Labute approximate surface area is 263 Å². The fourth-order valence-corrected chi connectivity index (χ4v) is 6.72. The summed E-state index contributed by atoms with van der Waals surface area (Å²) < 4.78 is 5.38. The molecule has 1 aliphatic heterocycles. The Balaban J connectivity index is 1.46. The zero-order valence-corrected chi connectivity index (χ0v) is 26.9. The quantitative estimate of drug-likeness (QED) is 0.292. The maximum absolute atomic E-state index is 14.0. The van der Waals surface area contributed by atoms with Crippen LogP contribution in [0.5, 0.6) is 0 Å². The number of hydrogen-bond donors (Lipinski definition) is 2. The number of amides is 3. The molecule has 3 atom stereocenters. The van der Waals surface area contributed by atoms with Crippen LogP contribution < -0.4 is 0 Å². The molecule has 2 aliphatic carbocycles. The SMILES string of the molecule is CC(C)C[C@H](O)[C@H](O)[C@H](CC1CCCCC1)N(CC1CC1)C(=O)CCC(=O)N(CC(=O)N1CCOCC1)Cc1ccccc1. The van der Waals surface area contributed by atoms with Gasteiger partial charge in [-0.1, -0.05) is 76.3 Å². The Kier molecular flexibility index (Phi) is 13.5. The Morgan fingerprint density at radius 1 is 0.909 bits per heavy atom. The molecule has 0 unspecified atom stereocenters. The number of aliphatic hydroxyl groups excluding tert-OH is 2. The summed E-state index contributed by atoms with van der Waals surface area (Å²) in [5.74, 6) is 0.530. The van der Waals surface area contributed by atoms with Crippen LogP contribution in [0.3, 0.4) is 0 Å². The third kappa shape index (κ3) is 10.8. The number of nitrogens with zero attached hydrogens (tertiary/aromatic N) is 3. The lowest BCUT2D eigenvalue weighted by Gasteiger charge is -2.40. The average molecular weight is 614 g/mol. The Morgan fingerprint density at radius 3 is 2.20 bits per heavy atom. The molecule has 0 aromatic heterocycles. The number of rotatable bonds is 16. The van der Waals surface area contributed by atoms with E-state index in [2.05, 4.69) is 0 Å². The minimum Gasteiger partial charge on any atom is -0.390 e. The second-order valence-electron chi connectivity index (χ2n) is 13.7. The lowest BCUT2D eigenvalue weighted by atomic mass is 9.81. The summed E-state index contributed by atoms with van der Waals surface area (Å²) in [5.41, 5.74) is 0.923. The number of morpholine rings is 1. The highest BCUT2D eigenvalue weighted by molar-refractivity contribution is 5.87. The largest absolute Gasteiger partial charge is 0.390 e. The van der Waals surface area contributed by atoms with Gasteiger partial charge in [-0.05, 0) is 49.0 Å². The number of aliphatic hydroxyl groups is 2. The van der Waals surface area contributed by atoms with Gasteiger partial charge in [-0.2, -0.15) is 0 Å². The second kappa shape index (κ2) is 17.3. The molecule has 2 N–H and O–H groups in total. The second-order valence-corrected chi connectivity index (χ2v) is 13.7. The van der Waals surface area contributed by atoms with Gasteiger partial charge >= 0.3 is 0 Å². The van der Waals surface area contributed by atoms with E-state index in [1.54, 1.807) is 9.80 Å². The molecule has 4 rings (SSSR count). The van der Waals surface area contributed by atoms with Crippen LogP contribution in [-0.4, -0.2) is 100 Å². The van der Waals surface area contributed by atoms with Crippen LogP contribution in [0.2, 0.25) is 0 Å². The minimum absolute atomic E-state index is 0.00990. The number of benzene rings is 1. The summed E-state index contributed by atoms with van der Waals surface area (Å²) in [5, 5.41) is 22.5. The van der Waals surface area contributed by atoms with Crippen molar-refractivity contribution in [3.05, 3.63) is 35.9 Å².